The van der Waals surface area contributed by atoms with Crippen molar-refractivity contribution in [3.05, 3.63) is 12.7 Å². The molecule has 1 saturated heterocycles. The van der Waals surface area contributed by atoms with Crippen molar-refractivity contribution in [2.75, 3.05) is 13.2 Å². The van der Waals surface area contributed by atoms with E-state index in [1.807, 2.05) is 0 Å². The van der Waals surface area contributed by atoms with Gasteiger partial charge in [0.25, 0.3) is 0 Å². The van der Waals surface area contributed by atoms with Crippen LogP contribution in [0.3, 0.4) is 0 Å². The Morgan fingerprint density at radius 1 is 1.56 bits per heavy atom. The summed E-state index contributed by atoms with van der Waals surface area (Å²) in [5, 5.41) is 24.8. The van der Waals surface area contributed by atoms with E-state index in [0.717, 1.165) is 6.08 Å². The van der Waals surface area contributed by atoms with Crippen molar-refractivity contribution in [2.45, 2.75) is 25.7 Å². The molecule has 2 unspecified atom stereocenters. The topological polar surface area (TPSA) is 139 Å². The molecular formula is C10H19NO7. The maximum absolute atomic E-state index is 9.60. The molecule has 1 aliphatic rings. The smallest absolute Gasteiger partial charge is 0.404 e. The molecule has 1 heterocycles. The molecule has 0 saturated carbocycles. The zero-order valence-electron chi connectivity index (χ0n) is 10.1. The van der Waals surface area contributed by atoms with Gasteiger partial charge < -0.3 is 30.5 Å². The standard InChI is InChI=1S/C4H8O3.C3H7NO2.C3H4O2/c5-3-1-2-7-4(3)6;1-2-6-3(4)5;1-2-3(4)5/h3-6H,1-2H2;2H2,1H3,(H2,4,5);2H,1H2,(H,4,5). The fourth-order valence-electron chi connectivity index (χ4n) is 0.705. The number of ether oxygens (including phenoxy) is 2. The predicted octanol–water partition coefficient (Wildman–Crippen LogP) is -0.555. The number of carboxylic acids is 1. The molecular weight excluding hydrogens is 246 g/mol. The van der Waals surface area contributed by atoms with Gasteiger partial charge in [-0.15, -0.1) is 0 Å². The lowest BCUT2D eigenvalue weighted by atomic mass is 10.3. The highest BCUT2D eigenvalue weighted by Gasteiger charge is 2.22. The Bertz CT molecular complexity index is 249. The van der Waals surface area contributed by atoms with Gasteiger partial charge in [-0.25, -0.2) is 9.59 Å². The second-order valence-electron chi connectivity index (χ2n) is 2.91. The molecule has 1 fully saturated rings. The Hall–Kier alpha value is -1.64. The molecule has 18 heavy (non-hydrogen) atoms. The summed E-state index contributed by atoms with van der Waals surface area (Å²) in [5.74, 6) is -0.981. The molecule has 2 atom stereocenters. The van der Waals surface area contributed by atoms with Gasteiger partial charge in [-0.2, -0.15) is 0 Å². The quantitative estimate of drug-likeness (QED) is 0.491. The van der Waals surface area contributed by atoms with Gasteiger partial charge in [0.2, 0.25) is 0 Å². The number of carboxylic acid groups (broad SMARTS) is 1. The van der Waals surface area contributed by atoms with Crippen LogP contribution >= 0.6 is 0 Å². The zero-order chi connectivity index (χ0) is 14.6. The number of primary amides is 1. The number of carbonyl (C=O) groups is 2. The first-order valence-electron chi connectivity index (χ1n) is 5.10. The minimum atomic E-state index is -0.981. The first-order chi connectivity index (χ1) is 8.34. The molecule has 8 nitrogen and oxygen atoms in total. The second kappa shape index (κ2) is 11.8. The average Bonchev–Trinajstić information content (AvgIpc) is 2.65. The number of rotatable bonds is 2. The molecule has 0 aliphatic carbocycles. The molecule has 0 bridgehead atoms. The van der Waals surface area contributed by atoms with E-state index < -0.39 is 24.5 Å². The third kappa shape index (κ3) is 14.4. The number of carbonyl (C=O) groups excluding carboxylic acids is 1. The van der Waals surface area contributed by atoms with Crippen LogP contribution in [0, 0.1) is 0 Å². The number of nitrogens with two attached hydrogens (primary N) is 1. The number of hydrogen-bond acceptors (Lipinski definition) is 6. The van der Waals surface area contributed by atoms with Crippen LogP contribution in [0.2, 0.25) is 0 Å². The zero-order valence-corrected chi connectivity index (χ0v) is 10.1. The van der Waals surface area contributed by atoms with E-state index in [2.05, 4.69) is 21.8 Å². The molecule has 0 aromatic carbocycles. The van der Waals surface area contributed by atoms with Crippen molar-refractivity contribution in [3.8, 4) is 0 Å². The van der Waals surface area contributed by atoms with Crippen LogP contribution in [-0.2, 0) is 14.3 Å². The van der Waals surface area contributed by atoms with E-state index in [1.54, 1.807) is 6.92 Å². The van der Waals surface area contributed by atoms with Gasteiger partial charge in [-0.05, 0) is 6.92 Å². The van der Waals surface area contributed by atoms with E-state index in [-0.39, 0.29) is 0 Å². The normalized spacial score (nSPS) is 20.6. The lowest BCUT2D eigenvalue weighted by Crippen LogP contribution is -2.18. The fraction of sp³-hybridized carbons (Fsp3) is 0.600. The Balaban J connectivity index is 0. The van der Waals surface area contributed by atoms with E-state index >= 15 is 0 Å². The molecule has 8 heteroatoms. The Labute approximate surface area is 105 Å². The first-order valence-corrected chi connectivity index (χ1v) is 5.10. The van der Waals surface area contributed by atoms with E-state index in [9.17, 15) is 9.59 Å². The highest BCUT2D eigenvalue weighted by Crippen LogP contribution is 2.08. The van der Waals surface area contributed by atoms with Gasteiger partial charge in [0.15, 0.2) is 6.29 Å². The molecule has 0 radical (unpaired) electrons. The fourth-order valence-corrected chi connectivity index (χ4v) is 0.705. The van der Waals surface area contributed by atoms with Crippen molar-refractivity contribution in [1.29, 1.82) is 0 Å². The van der Waals surface area contributed by atoms with Crippen molar-refractivity contribution in [3.63, 3.8) is 0 Å². The molecule has 1 amide bonds. The summed E-state index contributed by atoms with van der Waals surface area (Å²) in [6.45, 7) is 5.49. The van der Waals surface area contributed by atoms with Gasteiger partial charge in [-0.1, -0.05) is 6.58 Å². The summed E-state index contributed by atoms with van der Waals surface area (Å²) >= 11 is 0. The summed E-state index contributed by atoms with van der Waals surface area (Å²) < 4.78 is 8.75. The maximum Gasteiger partial charge on any atom is 0.404 e. The van der Waals surface area contributed by atoms with Crippen molar-refractivity contribution in [2.24, 2.45) is 5.73 Å². The van der Waals surface area contributed by atoms with Crippen LogP contribution in [-0.4, -0.2) is 53.0 Å². The van der Waals surface area contributed by atoms with Gasteiger partial charge in [-0.3, -0.25) is 0 Å². The maximum atomic E-state index is 9.60. The van der Waals surface area contributed by atoms with Crippen molar-refractivity contribution < 1.29 is 34.4 Å². The van der Waals surface area contributed by atoms with Crippen LogP contribution < -0.4 is 5.73 Å². The summed E-state index contributed by atoms with van der Waals surface area (Å²) in [6.07, 6.45) is -0.904. The minimum absolute atomic E-state index is 0.356. The molecule has 0 spiro atoms. The second-order valence-corrected chi connectivity index (χ2v) is 2.91. The highest BCUT2D eigenvalue weighted by atomic mass is 16.6. The molecule has 0 aromatic heterocycles. The van der Waals surface area contributed by atoms with Crippen LogP contribution in [0.4, 0.5) is 4.79 Å². The van der Waals surface area contributed by atoms with Crippen LogP contribution in [0.1, 0.15) is 13.3 Å². The van der Waals surface area contributed by atoms with Crippen molar-refractivity contribution in [1.82, 2.24) is 0 Å². The van der Waals surface area contributed by atoms with Crippen LogP contribution in [0.15, 0.2) is 12.7 Å². The van der Waals surface area contributed by atoms with Crippen LogP contribution in [0.5, 0.6) is 0 Å². The number of aliphatic carboxylic acids is 1. The highest BCUT2D eigenvalue weighted by molar-refractivity contribution is 5.78. The minimum Gasteiger partial charge on any atom is -0.478 e. The van der Waals surface area contributed by atoms with Gasteiger partial charge >= 0.3 is 12.1 Å². The van der Waals surface area contributed by atoms with E-state index in [4.69, 9.17) is 15.3 Å². The van der Waals surface area contributed by atoms with Gasteiger partial charge in [0.1, 0.15) is 6.10 Å². The SMILES string of the molecule is C=CC(=O)O.CCOC(N)=O.OC1CCOC1O. The lowest BCUT2D eigenvalue weighted by molar-refractivity contribution is -0.131. The number of aliphatic hydroxyl groups is 2. The summed E-state index contributed by atoms with van der Waals surface area (Å²) in [7, 11) is 0. The molecule has 0 aromatic rings. The van der Waals surface area contributed by atoms with Gasteiger partial charge in [0.05, 0.1) is 13.2 Å². The van der Waals surface area contributed by atoms with E-state index in [1.165, 1.54) is 0 Å². The van der Waals surface area contributed by atoms with Crippen LogP contribution in [0.25, 0.3) is 0 Å². The summed E-state index contributed by atoms with van der Waals surface area (Å²) in [6, 6.07) is 0. The Kier molecular flexibility index (Phi) is 12.3. The van der Waals surface area contributed by atoms with Crippen molar-refractivity contribution >= 4 is 12.1 Å². The number of hydrogen-bond donors (Lipinski definition) is 4. The molecule has 106 valence electrons. The van der Waals surface area contributed by atoms with Gasteiger partial charge in [0, 0.05) is 12.5 Å². The third-order valence-electron chi connectivity index (χ3n) is 1.49. The summed E-state index contributed by atoms with van der Waals surface area (Å²) in [4.78, 5) is 18.8. The molecule has 1 aliphatic heterocycles. The Morgan fingerprint density at radius 2 is 2.06 bits per heavy atom. The largest absolute Gasteiger partial charge is 0.478 e. The first kappa shape index (κ1) is 18.7. The molecule has 1 rings (SSSR count). The Morgan fingerprint density at radius 3 is 2.11 bits per heavy atom. The predicted molar refractivity (Wildman–Crippen MR) is 61.6 cm³/mol. The summed E-state index contributed by atoms with van der Waals surface area (Å²) in [5.41, 5.74) is 4.54. The number of amides is 1. The number of aliphatic hydroxyl groups excluding tert-OH is 2. The molecule has 5 N–H and O–H groups in total. The monoisotopic (exact) mass is 265 g/mol. The third-order valence-corrected chi connectivity index (χ3v) is 1.49. The van der Waals surface area contributed by atoms with E-state index in [0.29, 0.717) is 19.6 Å². The average molecular weight is 265 g/mol. The lowest BCUT2D eigenvalue weighted by Gasteiger charge is -2.02.